The van der Waals surface area contributed by atoms with Crippen LogP contribution in [0.25, 0.3) is 0 Å². The summed E-state index contributed by atoms with van der Waals surface area (Å²) in [6, 6.07) is 16.6. The van der Waals surface area contributed by atoms with E-state index in [0.717, 1.165) is 36.1 Å². The molecule has 2 aromatic rings. The minimum absolute atomic E-state index is 0.259. The molecule has 1 atom stereocenters. The number of hydrogen-bond donors (Lipinski definition) is 1. The van der Waals surface area contributed by atoms with Crippen molar-refractivity contribution in [2.45, 2.75) is 31.7 Å². The predicted octanol–water partition coefficient (Wildman–Crippen LogP) is 3.32. The molecule has 0 spiro atoms. The molecule has 1 aliphatic heterocycles. The van der Waals surface area contributed by atoms with Crippen LogP contribution in [0.4, 0.5) is 10.5 Å². The number of methoxy groups -OCH3 is 1. The summed E-state index contributed by atoms with van der Waals surface area (Å²) in [5.74, 6) is -0.440. The lowest BCUT2D eigenvalue weighted by molar-refractivity contribution is -0.142. The van der Waals surface area contributed by atoms with Gasteiger partial charge in [0, 0.05) is 18.7 Å². The Labute approximate surface area is 154 Å². The minimum atomic E-state index is -0.717. The maximum Gasteiger partial charge on any atom is 0.328 e. The molecular formula is C21H24N2O3. The van der Waals surface area contributed by atoms with Gasteiger partial charge in [-0.1, -0.05) is 48.5 Å². The number of para-hydroxylation sites is 1. The maximum atomic E-state index is 12.9. The first-order valence-corrected chi connectivity index (χ1v) is 8.96. The van der Waals surface area contributed by atoms with E-state index in [0.29, 0.717) is 13.0 Å². The Hall–Kier alpha value is -2.82. The third-order valence-corrected chi connectivity index (χ3v) is 4.67. The molecule has 2 amide bonds. The first-order chi connectivity index (χ1) is 12.7. The van der Waals surface area contributed by atoms with E-state index in [1.807, 2.05) is 48.5 Å². The molecule has 0 saturated carbocycles. The number of carbonyl (C=O) groups is 2. The number of aryl methyl sites for hydroxylation is 1. The van der Waals surface area contributed by atoms with Crippen molar-refractivity contribution in [1.82, 2.24) is 5.32 Å². The molecule has 26 heavy (non-hydrogen) atoms. The van der Waals surface area contributed by atoms with E-state index in [1.165, 1.54) is 7.11 Å². The van der Waals surface area contributed by atoms with Crippen LogP contribution in [0.2, 0.25) is 0 Å². The van der Waals surface area contributed by atoms with Gasteiger partial charge in [0.2, 0.25) is 0 Å². The van der Waals surface area contributed by atoms with Gasteiger partial charge in [0.25, 0.3) is 0 Å². The number of amides is 2. The van der Waals surface area contributed by atoms with Gasteiger partial charge in [-0.25, -0.2) is 9.59 Å². The lowest BCUT2D eigenvalue weighted by atomic mass is 10.1. The number of fused-ring (bicyclic) bond motifs is 1. The maximum absolute atomic E-state index is 12.9. The summed E-state index contributed by atoms with van der Waals surface area (Å²) >= 11 is 0. The highest BCUT2D eigenvalue weighted by molar-refractivity contribution is 5.95. The molecule has 0 aromatic heterocycles. The number of esters is 1. The quantitative estimate of drug-likeness (QED) is 0.859. The summed E-state index contributed by atoms with van der Waals surface area (Å²) < 4.78 is 4.89. The summed E-state index contributed by atoms with van der Waals surface area (Å²) in [4.78, 5) is 26.9. The number of ether oxygens (including phenoxy) is 1. The third-order valence-electron chi connectivity index (χ3n) is 4.67. The number of benzene rings is 2. The lowest BCUT2D eigenvalue weighted by Gasteiger charge is -2.26. The Balaban J connectivity index is 1.78. The fraction of sp³-hybridized carbons (Fsp3) is 0.333. The van der Waals surface area contributed by atoms with Gasteiger partial charge in [-0.15, -0.1) is 0 Å². The molecule has 0 bridgehead atoms. The average Bonchev–Trinajstić information content (AvgIpc) is 2.90. The van der Waals surface area contributed by atoms with E-state index in [-0.39, 0.29) is 6.03 Å². The highest BCUT2D eigenvalue weighted by Gasteiger charge is 2.27. The third kappa shape index (κ3) is 4.23. The Kier molecular flexibility index (Phi) is 5.89. The van der Waals surface area contributed by atoms with E-state index in [9.17, 15) is 9.59 Å². The summed E-state index contributed by atoms with van der Waals surface area (Å²) in [7, 11) is 1.34. The minimum Gasteiger partial charge on any atom is -0.467 e. The molecule has 3 rings (SSSR count). The molecule has 2 aromatic carbocycles. The second kappa shape index (κ2) is 8.52. The number of nitrogens with zero attached hydrogens (tertiary/aromatic N) is 1. The highest BCUT2D eigenvalue weighted by Crippen LogP contribution is 2.26. The number of urea groups is 1. The smallest absolute Gasteiger partial charge is 0.328 e. The van der Waals surface area contributed by atoms with Crippen LogP contribution in [-0.2, 0) is 22.4 Å². The van der Waals surface area contributed by atoms with E-state index in [1.54, 1.807) is 4.90 Å². The zero-order valence-corrected chi connectivity index (χ0v) is 15.0. The van der Waals surface area contributed by atoms with E-state index < -0.39 is 12.0 Å². The molecule has 0 radical (unpaired) electrons. The van der Waals surface area contributed by atoms with Gasteiger partial charge in [0.1, 0.15) is 6.04 Å². The lowest BCUT2D eigenvalue weighted by Crippen LogP contribution is -2.49. The van der Waals surface area contributed by atoms with Crippen LogP contribution in [0.5, 0.6) is 0 Å². The fourth-order valence-electron chi connectivity index (χ4n) is 3.31. The molecule has 0 fully saturated rings. The van der Waals surface area contributed by atoms with Crippen molar-refractivity contribution in [2.75, 3.05) is 18.6 Å². The molecule has 0 aliphatic carbocycles. The Morgan fingerprint density at radius 3 is 2.58 bits per heavy atom. The number of anilines is 1. The number of nitrogens with one attached hydrogen (secondary N) is 1. The van der Waals surface area contributed by atoms with Gasteiger partial charge in [-0.3, -0.25) is 4.90 Å². The van der Waals surface area contributed by atoms with Crippen LogP contribution in [0.1, 0.15) is 24.0 Å². The topological polar surface area (TPSA) is 58.6 Å². The van der Waals surface area contributed by atoms with E-state index in [4.69, 9.17) is 4.74 Å². The van der Waals surface area contributed by atoms with Gasteiger partial charge in [-0.05, 0) is 36.5 Å². The zero-order chi connectivity index (χ0) is 18.4. The molecular weight excluding hydrogens is 328 g/mol. The summed E-state index contributed by atoms with van der Waals surface area (Å²) in [5.41, 5.74) is 3.06. The van der Waals surface area contributed by atoms with E-state index >= 15 is 0 Å². The standard InChI is InChI=1S/C21H24N2O3/c1-26-20(24)18(15-16-9-3-2-4-10-16)22-21(25)23-14-8-7-12-17-11-5-6-13-19(17)23/h2-6,9-11,13,18H,7-8,12,14-15H2,1H3,(H,22,25)/t18-/m0/s1. The zero-order valence-electron chi connectivity index (χ0n) is 15.0. The van der Waals surface area contributed by atoms with Crippen LogP contribution < -0.4 is 10.2 Å². The molecule has 1 N–H and O–H groups in total. The fourth-order valence-corrected chi connectivity index (χ4v) is 3.31. The molecule has 0 unspecified atom stereocenters. The van der Waals surface area contributed by atoms with Gasteiger partial charge in [0.15, 0.2) is 0 Å². The highest BCUT2D eigenvalue weighted by atomic mass is 16.5. The normalized spacial score (nSPS) is 14.7. The molecule has 5 heteroatoms. The van der Waals surface area contributed by atoms with Gasteiger partial charge in [-0.2, -0.15) is 0 Å². The molecule has 136 valence electrons. The van der Waals surface area contributed by atoms with Crippen LogP contribution >= 0.6 is 0 Å². The van der Waals surface area contributed by atoms with Crippen LogP contribution in [-0.4, -0.2) is 31.7 Å². The summed E-state index contributed by atoms with van der Waals surface area (Å²) in [6.07, 6.45) is 3.34. The summed E-state index contributed by atoms with van der Waals surface area (Å²) in [6.45, 7) is 0.641. The average molecular weight is 352 g/mol. The van der Waals surface area contributed by atoms with Crippen LogP contribution in [0.3, 0.4) is 0 Å². The van der Waals surface area contributed by atoms with Crippen LogP contribution in [0, 0.1) is 0 Å². The van der Waals surface area contributed by atoms with Gasteiger partial charge in [0.05, 0.1) is 7.11 Å². The van der Waals surface area contributed by atoms with Gasteiger partial charge < -0.3 is 10.1 Å². The monoisotopic (exact) mass is 352 g/mol. The van der Waals surface area contributed by atoms with Crippen molar-refractivity contribution >= 4 is 17.7 Å². The number of carbonyl (C=O) groups excluding carboxylic acids is 2. The molecule has 5 nitrogen and oxygen atoms in total. The second-order valence-electron chi connectivity index (χ2n) is 6.45. The predicted molar refractivity (Wildman–Crippen MR) is 101 cm³/mol. The van der Waals surface area contributed by atoms with Crippen molar-refractivity contribution in [3.8, 4) is 0 Å². The van der Waals surface area contributed by atoms with Crippen molar-refractivity contribution in [1.29, 1.82) is 0 Å². The number of rotatable bonds is 4. The van der Waals surface area contributed by atoms with E-state index in [2.05, 4.69) is 11.4 Å². The molecule has 0 saturated heterocycles. The molecule has 1 aliphatic rings. The first-order valence-electron chi connectivity index (χ1n) is 8.96. The van der Waals surface area contributed by atoms with Crippen molar-refractivity contribution in [3.63, 3.8) is 0 Å². The second-order valence-corrected chi connectivity index (χ2v) is 6.45. The Bertz CT molecular complexity index is 761. The van der Waals surface area contributed by atoms with Crippen molar-refractivity contribution < 1.29 is 14.3 Å². The Morgan fingerprint density at radius 2 is 1.81 bits per heavy atom. The van der Waals surface area contributed by atoms with Crippen molar-refractivity contribution in [3.05, 3.63) is 65.7 Å². The van der Waals surface area contributed by atoms with Crippen LogP contribution in [0.15, 0.2) is 54.6 Å². The number of hydrogen-bond acceptors (Lipinski definition) is 3. The molecule has 1 heterocycles. The van der Waals surface area contributed by atoms with Crippen molar-refractivity contribution in [2.24, 2.45) is 0 Å². The Morgan fingerprint density at radius 1 is 1.08 bits per heavy atom. The first kappa shape index (κ1) is 18.0. The SMILES string of the molecule is COC(=O)[C@H](Cc1ccccc1)NC(=O)N1CCCCc2ccccc21. The largest absolute Gasteiger partial charge is 0.467 e. The summed E-state index contributed by atoms with van der Waals surface area (Å²) in [5, 5.41) is 2.87. The van der Waals surface area contributed by atoms with Gasteiger partial charge >= 0.3 is 12.0 Å².